The second kappa shape index (κ2) is 8.45. The van der Waals surface area contributed by atoms with Crippen molar-refractivity contribution in [2.24, 2.45) is 11.8 Å². The van der Waals surface area contributed by atoms with Crippen molar-refractivity contribution in [1.29, 1.82) is 0 Å². The summed E-state index contributed by atoms with van der Waals surface area (Å²) in [7, 11) is 0. The fourth-order valence-corrected chi connectivity index (χ4v) is 6.48. The first-order chi connectivity index (χ1) is 14.9. The number of nitrogens with one attached hydrogen (secondary N) is 1. The van der Waals surface area contributed by atoms with Crippen LogP contribution in [0.4, 0.5) is 0 Å². The van der Waals surface area contributed by atoms with Crippen molar-refractivity contribution >= 4 is 12.4 Å². The van der Waals surface area contributed by atoms with E-state index in [0.717, 1.165) is 18.4 Å². The average molecular weight is 430 g/mol. The van der Waals surface area contributed by atoms with Gasteiger partial charge in [0.25, 0.3) is 0 Å². The van der Waals surface area contributed by atoms with Crippen LogP contribution in [0.5, 0.6) is 0 Å². The Kier molecular flexibility index (Phi) is 5.67. The third kappa shape index (κ3) is 3.62. The van der Waals surface area contributed by atoms with E-state index in [1.807, 2.05) is 0 Å². The summed E-state index contributed by atoms with van der Waals surface area (Å²) in [6.45, 7) is 2.34. The lowest BCUT2D eigenvalue weighted by Gasteiger charge is -2.31. The average Bonchev–Trinajstić information content (AvgIpc) is 3.32. The van der Waals surface area contributed by atoms with Crippen LogP contribution < -0.4 is 5.32 Å². The molecule has 1 saturated carbocycles. The molecule has 2 atom stereocenters. The minimum Gasteiger partial charge on any atom is -0.316 e. The molecule has 2 heteroatoms. The first kappa shape index (κ1) is 20.8. The molecule has 160 valence electrons. The Morgan fingerprint density at radius 2 is 1.42 bits per heavy atom. The normalized spacial score (nSPS) is 26.8. The summed E-state index contributed by atoms with van der Waals surface area (Å²) < 4.78 is 0. The predicted molar refractivity (Wildman–Crippen MR) is 131 cm³/mol. The zero-order valence-electron chi connectivity index (χ0n) is 18.1. The number of fused-ring (bicyclic) bond motifs is 8. The minimum atomic E-state index is 0. The SMILES string of the molecule is Cl.c1ccc(CC2CC2CNCCCC23CC(c4ccccc42)c2ccccc23)cc1. The van der Waals surface area contributed by atoms with Crippen LogP contribution >= 0.6 is 12.4 Å². The highest BCUT2D eigenvalue weighted by Crippen LogP contribution is 2.61. The van der Waals surface area contributed by atoms with Gasteiger partial charge in [0, 0.05) is 11.3 Å². The lowest BCUT2D eigenvalue weighted by Crippen LogP contribution is -2.26. The van der Waals surface area contributed by atoms with Crippen LogP contribution in [0.15, 0.2) is 78.9 Å². The van der Waals surface area contributed by atoms with Gasteiger partial charge in [0.1, 0.15) is 0 Å². The van der Waals surface area contributed by atoms with Crippen molar-refractivity contribution in [3.63, 3.8) is 0 Å². The lowest BCUT2D eigenvalue weighted by molar-refractivity contribution is 0.453. The van der Waals surface area contributed by atoms with Crippen molar-refractivity contribution < 1.29 is 0 Å². The maximum atomic E-state index is 3.79. The van der Waals surface area contributed by atoms with Gasteiger partial charge in [0.15, 0.2) is 0 Å². The molecule has 0 saturated heterocycles. The van der Waals surface area contributed by atoms with Gasteiger partial charge in [-0.3, -0.25) is 0 Å². The van der Waals surface area contributed by atoms with Crippen LogP contribution in [-0.2, 0) is 11.8 Å². The van der Waals surface area contributed by atoms with E-state index in [2.05, 4.69) is 84.2 Å². The van der Waals surface area contributed by atoms with E-state index in [0.29, 0.717) is 5.92 Å². The van der Waals surface area contributed by atoms with E-state index in [4.69, 9.17) is 0 Å². The van der Waals surface area contributed by atoms with E-state index in [1.165, 1.54) is 44.2 Å². The number of hydrogen-bond donors (Lipinski definition) is 1. The molecule has 0 amide bonds. The molecule has 3 aliphatic carbocycles. The van der Waals surface area contributed by atoms with Crippen LogP contribution in [0, 0.1) is 11.8 Å². The number of rotatable bonds is 8. The maximum absolute atomic E-state index is 3.79. The van der Waals surface area contributed by atoms with Gasteiger partial charge in [0.2, 0.25) is 0 Å². The molecule has 0 spiro atoms. The summed E-state index contributed by atoms with van der Waals surface area (Å²) in [5.41, 5.74) is 8.16. The van der Waals surface area contributed by atoms with E-state index in [9.17, 15) is 0 Å². The first-order valence-electron chi connectivity index (χ1n) is 11.8. The highest BCUT2D eigenvalue weighted by molar-refractivity contribution is 5.85. The Morgan fingerprint density at radius 1 is 0.774 bits per heavy atom. The molecule has 0 radical (unpaired) electrons. The van der Waals surface area contributed by atoms with Gasteiger partial charge in [-0.05, 0) is 84.8 Å². The van der Waals surface area contributed by atoms with Gasteiger partial charge in [-0.2, -0.15) is 0 Å². The van der Waals surface area contributed by atoms with Crippen molar-refractivity contribution in [3.05, 3.63) is 107 Å². The summed E-state index contributed by atoms with van der Waals surface area (Å²) in [6, 6.07) is 29.4. The van der Waals surface area contributed by atoms with Crippen molar-refractivity contribution in [2.45, 2.75) is 43.4 Å². The third-order valence-electron chi connectivity index (χ3n) is 8.03. The summed E-state index contributed by atoms with van der Waals surface area (Å²) in [5.74, 6) is 2.39. The fraction of sp³-hybridized carbons (Fsp3) is 0.379. The zero-order chi connectivity index (χ0) is 20.0. The van der Waals surface area contributed by atoms with Gasteiger partial charge < -0.3 is 5.32 Å². The maximum Gasteiger partial charge on any atom is 0.0218 e. The Bertz CT molecular complexity index is 996. The molecule has 3 aromatic rings. The molecule has 2 bridgehead atoms. The third-order valence-corrected chi connectivity index (χ3v) is 8.03. The monoisotopic (exact) mass is 429 g/mol. The van der Waals surface area contributed by atoms with Crippen LogP contribution in [-0.4, -0.2) is 13.1 Å². The Hall–Kier alpha value is -2.09. The van der Waals surface area contributed by atoms with Gasteiger partial charge in [0.05, 0.1) is 0 Å². The molecule has 1 fully saturated rings. The minimum absolute atomic E-state index is 0. The molecule has 2 unspecified atom stereocenters. The molecule has 1 nitrogen and oxygen atoms in total. The molecule has 0 aliphatic heterocycles. The van der Waals surface area contributed by atoms with E-state index in [1.54, 1.807) is 22.3 Å². The van der Waals surface area contributed by atoms with Crippen molar-refractivity contribution in [2.75, 3.05) is 13.1 Å². The Morgan fingerprint density at radius 3 is 2.13 bits per heavy atom. The van der Waals surface area contributed by atoms with E-state index in [-0.39, 0.29) is 17.8 Å². The van der Waals surface area contributed by atoms with Crippen molar-refractivity contribution in [1.82, 2.24) is 5.32 Å². The van der Waals surface area contributed by atoms with Crippen LogP contribution in [0.25, 0.3) is 0 Å². The Labute approximate surface area is 192 Å². The standard InChI is InChI=1S/C29H31N.ClH/c1-2-9-21(10-3-1)17-22-18-23(22)20-30-16-8-15-29-19-26(24-11-4-6-13-27(24)29)25-12-5-7-14-28(25)29;/h1-7,9-14,22-23,26,30H,8,15-20H2;1H. The highest BCUT2D eigenvalue weighted by atomic mass is 35.5. The fourth-order valence-electron chi connectivity index (χ4n) is 6.48. The van der Waals surface area contributed by atoms with Gasteiger partial charge in [-0.15, -0.1) is 12.4 Å². The molecular formula is C29H32ClN. The van der Waals surface area contributed by atoms with Gasteiger partial charge in [-0.25, -0.2) is 0 Å². The first-order valence-corrected chi connectivity index (χ1v) is 11.8. The van der Waals surface area contributed by atoms with Crippen LogP contribution in [0.3, 0.4) is 0 Å². The second-order valence-electron chi connectivity index (χ2n) is 9.77. The molecule has 1 N–H and O–H groups in total. The molecule has 3 aromatic carbocycles. The predicted octanol–water partition coefficient (Wildman–Crippen LogP) is 6.49. The quantitative estimate of drug-likeness (QED) is 0.403. The molecule has 3 aliphatic rings. The molecule has 0 aromatic heterocycles. The van der Waals surface area contributed by atoms with Gasteiger partial charge >= 0.3 is 0 Å². The zero-order valence-corrected chi connectivity index (χ0v) is 18.9. The van der Waals surface area contributed by atoms with Crippen LogP contribution in [0.2, 0.25) is 0 Å². The largest absolute Gasteiger partial charge is 0.316 e. The number of halogens is 1. The van der Waals surface area contributed by atoms with E-state index >= 15 is 0 Å². The Balaban J connectivity index is 0.00000204. The van der Waals surface area contributed by atoms with Crippen molar-refractivity contribution in [3.8, 4) is 0 Å². The second-order valence-corrected chi connectivity index (χ2v) is 9.77. The summed E-state index contributed by atoms with van der Waals surface area (Å²) >= 11 is 0. The highest BCUT2D eigenvalue weighted by Gasteiger charge is 2.51. The molecule has 0 heterocycles. The van der Waals surface area contributed by atoms with E-state index < -0.39 is 0 Å². The molecule has 31 heavy (non-hydrogen) atoms. The smallest absolute Gasteiger partial charge is 0.0218 e. The van der Waals surface area contributed by atoms with Crippen LogP contribution in [0.1, 0.15) is 59.4 Å². The number of hydrogen-bond acceptors (Lipinski definition) is 1. The summed E-state index contributed by atoms with van der Waals surface area (Å²) in [4.78, 5) is 0. The molecule has 6 rings (SSSR count). The van der Waals surface area contributed by atoms with Gasteiger partial charge in [-0.1, -0.05) is 78.9 Å². The topological polar surface area (TPSA) is 12.0 Å². The number of benzene rings is 3. The molecular weight excluding hydrogens is 398 g/mol. The lowest BCUT2D eigenvalue weighted by atomic mass is 9.72. The summed E-state index contributed by atoms with van der Waals surface area (Å²) in [6.07, 6.45) is 6.46. The summed E-state index contributed by atoms with van der Waals surface area (Å²) in [5, 5.41) is 3.79.